The molecule has 0 atom stereocenters. The number of nitrogens with one attached hydrogen (secondary N) is 1. The molecule has 0 spiro atoms. The molecule has 2 aromatic carbocycles. The third kappa shape index (κ3) is 6.10. The summed E-state index contributed by atoms with van der Waals surface area (Å²) in [5.41, 5.74) is 0.983. The standard InChI is InChI=1S/C17H12BrClN2O4/c18-14-7-12(19)3-6-15(14)24-10-17(23)25-9-16(22)21-13-4-1-11(8-20)2-5-13/h1-7H,9-10H2,(H,21,22). The highest BCUT2D eigenvalue weighted by atomic mass is 79.9. The molecule has 0 aliphatic rings. The molecule has 0 fully saturated rings. The first-order valence-corrected chi connectivity index (χ1v) is 8.18. The molecule has 0 saturated heterocycles. The van der Waals surface area contributed by atoms with Gasteiger partial charge in [-0.1, -0.05) is 11.6 Å². The molecular weight excluding hydrogens is 412 g/mol. The van der Waals surface area contributed by atoms with Crippen LogP contribution in [0.5, 0.6) is 5.75 Å². The van der Waals surface area contributed by atoms with Gasteiger partial charge in [-0.15, -0.1) is 0 Å². The molecule has 2 aromatic rings. The summed E-state index contributed by atoms with van der Waals surface area (Å²) in [5.74, 6) is -0.744. The van der Waals surface area contributed by atoms with Crippen molar-refractivity contribution >= 4 is 45.1 Å². The zero-order chi connectivity index (χ0) is 18.2. The molecule has 1 N–H and O–H groups in total. The molecule has 0 aromatic heterocycles. The molecular formula is C17H12BrClN2O4. The quantitative estimate of drug-likeness (QED) is 0.718. The Morgan fingerprint density at radius 2 is 1.88 bits per heavy atom. The van der Waals surface area contributed by atoms with Gasteiger partial charge in [-0.2, -0.15) is 5.26 Å². The number of esters is 1. The number of carbonyl (C=O) groups is 2. The van der Waals surface area contributed by atoms with Gasteiger partial charge in [0.2, 0.25) is 0 Å². The lowest BCUT2D eigenvalue weighted by atomic mass is 10.2. The van der Waals surface area contributed by atoms with Gasteiger partial charge in [0.15, 0.2) is 13.2 Å². The maximum absolute atomic E-state index is 11.7. The summed E-state index contributed by atoms with van der Waals surface area (Å²) in [4.78, 5) is 23.4. The van der Waals surface area contributed by atoms with Crippen LogP contribution in [0.4, 0.5) is 5.69 Å². The normalized spacial score (nSPS) is 9.80. The summed E-state index contributed by atoms with van der Waals surface area (Å²) in [6.07, 6.45) is 0. The van der Waals surface area contributed by atoms with Crippen molar-refractivity contribution < 1.29 is 19.1 Å². The zero-order valence-electron chi connectivity index (χ0n) is 12.8. The molecule has 0 aliphatic heterocycles. The molecule has 8 heteroatoms. The summed E-state index contributed by atoms with van der Waals surface area (Å²) >= 11 is 9.07. The second-order valence-corrected chi connectivity index (χ2v) is 6.05. The van der Waals surface area contributed by atoms with E-state index < -0.39 is 18.5 Å². The van der Waals surface area contributed by atoms with Crippen LogP contribution in [-0.4, -0.2) is 25.1 Å². The van der Waals surface area contributed by atoms with Crippen molar-refractivity contribution in [1.82, 2.24) is 0 Å². The fourth-order valence-electron chi connectivity index (χ4n) is 1.74. The number of nitrogens with zero attached hydrogens (tertiary/aromatic N) is 1. The van der Waals surface area contributed by atoms with E-state index in [2.05, 4.69) is 21.2 Å². The van der Waals surface area contributed by atoms with Gasteiger partial charge in [0.05, 0.1) is 16.1 Å². The Morgan fingerprint density at radius 3 is 2.52 bits per heavy atom. The van der Waals surface area contributed by atoms with Gasteiger partial charge >= 0.3 is 5.97 Å². The molecule has 0 heterocycles. The molecule has 6 nitrogen and oxygen atoms in total. The van der Waals surface area contributed by atoms with Gasteiger partial charge < -0.3 is 14.8 Å². The van der Waals surface area contributed by atoms with Gasteiger partial charge in [-0.3, -0.25) is 4.79 Å². The van der Waals surface area contributed by atoms with Crippen molar-refractivity contribution in [2.24, 2.45) is 0 Å². The zero-order valence-corrected chi connectivity index (χ0v) is 15.1. The lowest BCUT2D eigenvalue weighted by Gasteiger charge is -2.09. The number of hydrogen-bond donors (Lipinski definition) is 1. The average Bonchev–Trinajstić information content (AvgIpc) is 2.60. The van der Waals surface area contributed by atoms with Crippen molar-refractivity contribution in [1.29, 1.82) is 5.26 Å². The molecule has 25 heavy (non-hydrogen) atoms. The van der Waals surface area contributed by atoms with Crippen LogP contribution in [0.3, 0.4) is 0 Å². The third-order valence-corrected chi connectivity index (χ3v) is 3.76. The van der Waals surface area contributed by atoms with Crippen LogP contribution in [-0.2, 0) is 14.3 Å². The largest absolute Gasteiger partial charge is 0.481 e. The molecule has 0 bridgehead atoms. The van der Waals surface area contributed by atoms with E-state index in [0.717, 1.165) is 0 Å². The van der Waals surface area contributed by atoms with Crippen LogP contribution in [0.2, 0.25) is 5.02 Å². The highest BCUT2D eigenvalue weighted by Crippen LogP contribution is 2.27. The van der Waals surface area contributed by atoms with Crippen molar-refractivity contribution in [2.75, 3.05) is 18.5 Å². The van der Waals surface area contributed by atoms with Gasteiger partial charge in [-0.05, 0) is 58.4 Å². The number of anilines is 1. The van der Waals surface area contributed by atoms with Crippen LogP contribution < -0.4 is 10.1 Å². The minimum absolute atomic E-state index is 0.343. The fraction of sp³-hybridized carbons (Fsp3) is 0.118. The van der Waals surface area contributed by atoms with E-state index >= 15 is 0 Å². The molecule has 0 aliphatic carbocycles. The van der Waals surface area contributed by atoms with E-state index in [4.69, 9.17) is 26.3 Å². The molecule has 2 rings (SSSR count). The first kappa shape index (κ1) is 18.8. The molecule has 1 amide bonds. The summed E-state index contributed by atoms with van der Waals surface area (Å²) in [7, 11) is 0. The number of halogens is 2. The molecule has 0 saturated carbocycles. The predicted octanol–water partition coefficient (Wildman–Crippen LogP) is 3.53. The van der Waals surface area contributed by atoms with Crippen molar-refractivity contribution in [2.45, 2.75) is 0 Å². The third-order valence-electron chi connectivity index (χ3n) is 2.90. The molecule has 128 valence electrons. The highest BCUT2D eigenvalue weighted by Gasteiger charge is 2.10. The van der Waals surface area contributed by atoms with E-state index in [1.54, 1.807) is 42.5 Å². The number of hydrogen-bond acceptors (Lipinski definition) is 5. The van der Waals surface area contributed by atoms with Crippen molar-refractivity contribution in [3.63, 3.8) is 0 Å². The fourth-order valence-corrected chi connectivity index (χ4v) is 2.54. The number of nitriles is 1. The monoisotopic (exact) mass is 422 g/mol. The maximum Gasteiger partial charge on any atom is 0.344 e. The van der Waals surface area contributed by atoms with Gasteiger partial charge in [0, 0.05) is 10.7 Å². The van der Waals surface area contributed by atoms with Gasteiger partial charge in [-0.25, -0.2) is 4.79 Å². The van der Waals surface area contributed by atoms with Crippen LogP contribution in [0.25, 0.3) is 0 Å². The first-order chi connectivity index (χ1) is 12.0. The number of benzene rings is 2. The molecule has 0 radical (unpaired) electrons. The Labute approximate surface area is 157 Å². The lowest BCUT2D eigenvalue weighted by molar-refractivity contribution is -0.149. The minimum atomic E-state index is -0.683. The Hall–Kier alpha value is -2.56. The summed E-state index contributed by atoms with van der Waals surface area (Å²) in [6, 6.07) is 13.1. The Morgan fingerprint density at radius 1 is 1.16 bits per heavy atom. The van der Waals surface area contributed by atoms with Gasteiger partial charge in [0.25, 0.3) is 5.91 Å². The van der Waals surface area contributed by atoms with Crippen molar-refractivity contribution in [3.8, 4) is 11.8 Å². The van der Waals surface area contributed by atoms with Crippen molar-refractivity contribution in [3.05, 3.63) is 57.5 Å². The predicted molar refractivity (Wildman–Crippen MR) is 95.4 cm³/mol. The number of ether oxygens (including phenoxy) is 2. The summed E-state index contributed by atoms with van der Waals surface area (Å²) < 4.78 is 10.7. The average molecular weight is 424 g/mol. The second-order valence-electron chi connectivity index (χ2n) is 4.76. The minimum Gasteiger partial charge on any atom is -0.481 e. The van der Waals surface area contributed by atoms with Crippen LogP contribution in [0, 0.1) is 11.3 Å². The summed E-state index contributed by atoms with van der Waals surface area (Å²) in [5, 5.41) is 11.8. The smallest absolute Gasteiger partial charge is 0.344 e. The summed E-state index contributed by atoms with van der Waals surface area (Å²) in [6.45, 7) is -0.783. The van der Waals surface area contributed by atoms with E-state index in [-0.39, 0.29) is 6.61 Å². The Bertz CT molecular complexity index is 818. The number of amides is 1. The second kappa shape index (κ2) is 9.06. The molecule has 0 unspecified atom stereocenters. The van der Waals surface area contributed by atoms with Crippen LogP contribution in [0.15, 0.2) is 46.9 Å². The van der Waals surface area contributed by atoms with E-state index in [1.807, 2.05) is 6.07 Å². The van der Waals surface area contributed by atoms with E-state index in [1.165, 1.54) is 0 Å². The van der Waals surface area contributed by atoms with Gasteiger partial charge in [0.1, 0.15) is 5.75 Å². The number of rotatable bonds is 6. The number of carbonyl (C=O) groups excluding carboxylic acids is 2. The first-order valence-electron chi connectivity index (χ1n) is 7.01. The SMILES string of the molecule is N#Cc1ccc(NC(=O)COC(=O)COc2ccc(Cl)cc2Br)cc1. The lowest BCUT2D eigenvalue weighted by Crippen LogP contribution is -2.23. The maximum atomic E-state index is 11.7. The van der Waals surface area contributed by atoms with Crippen LogP contribution in [0.1, 0.15) is 5.56 Å². The van der Waals surface area contributed by atoms with E-state index in [0.29, 0.717) is 26.5 Å². The topological polar surface area (TPSA) is 88.4 Å². The Kier molecular flexibility index (Phi) is 6.81. The highest BCUT2D eigenvalue weighted by molar-refractivity contribution is 9.10. The van der Waals surface area contributed by atoms with Crippen LogP contribution >= 0.6 is 27.5 Å². The Balaban J connectivity index is 1.75. The van der Waals surface area contributed by atoms with E-state index in [9.17, 15) is 9.59 Å².